The van der Waals surface area contributed by atoms with Gasteiger partial charge in [-0.1, -0.05) is 0 Å². The van der Waals surface area contributed by atoms with E-state index in [4.69, 9.17) is 0 Å². The van der Waals surface area contributed by atoms with Crippen LogP contribution in [0.1, 0.15) is 6.42 Å². The summed E-state index contributed by atoms with van der Waals surface area (Å²) < 4.78 is 4.60. The maximum atomic E-state index is 11.6. The van der Waals surface area contributed by atoms with Crippen molar-refractivity contribution in [3.63, 3.8) is 0 Å². The van der Waals surface area contributed by atoms with Crippen LogP contribution in [-0.2, 0) is 14.3 Å². The molecule has 7 nitrogen and oxygen atoms in total. The lowest BCUT2D eigenvalue weighted by Crippen LogP contribution is -2.27. The lowest BCUT2D eigenvalue weighted by molar-refractivity contribution is -0.145. The average molecular weight is 222 g/mol. The van der Waals surface area contributed by atoms with Gasteiger partial charge in [-0.25, -0.2) is 15.0 Å². The Labute approximate surface area is 91.5 Å². The van der Waals surface area contributed by atoms with Crippen LogP contribution in [0.4, 0.5) is 5.95 Å². The van der Waals surface area contributed by atoms with Crippen LogP contribution >= 0.6 is 0 Å². The van der Waals surface area contributed by atoms with Crippen LogP contribution in [-0.4, -0.2) is 40.5 Å². The van der Waals surface area contributed by atoms with Crippen molar-refractivity contribution in [2.45, 2.75) is 6.42 Å². The fourth-order valence-electron chi connectivity index (χ4n) is 1.60. The van der Waals surface area contributed by atoms with Crippen molar-refractivity contribution in [1.29, 1.82) is 0 Å². The third-order valence-corrected chi connectivity index (χ3v) is 2.38. The SMILES string of the molecule is COC(=O)C1CC(=O)N(c2ncncn2)C1. The Morgan fingerprint density at radius 3 is 2.81 bits per heavy atom. The largest absolute Gasteiger partial charge is 0.469 e. The normalized spacial score (nSPS) is 19.9. The van der Waals surface area contributed by atoms with Gasteiger partial charge in [0.25, 0.3) is 0 Å². The number of esters is 1. The van der Waals surface area contributed by atoms with Crippen LogP contribution in [0.15, 0.2) is 12.7 Å². The van der Waals surface area contributed by atoms with E-state index in [0.29, 0.717) is 0 Å². The summed E-state index contributed by atoms with van der Waals surface area (Å²) in [6.45, 7) is 0.259. The molecular weight excluding hydrogens is 212 g/mol. The summed E-state index contributed by atoms with van der Waals surface area (Å²) in [7, 11) is 1.30. The van der Waals surface area contributed by atoms with E-state index in [1.807, 2.05) is 0 Å². The second kappa shape index (κ2) is 4.21. The maximum absolute atomic E-state index is 11.6. The first-order chi connectivity index (χ1) is 7.72. The molecule has 2 heterocycles. The minimum absolute atomic E-state index is 0.137. The molecule has 1 aliphatic heterocycles. The number of hydrogen-bond acceptors (Lipinski definition) is 6. The molecule has 1 fully saturated rings. The zero-order chi connectivity index (χ0) is 11.5. The van der Waals surface area contributed by atoms with Gasteiger partial charge in [-0.15, -0.1) is 0 Å². The molecular formula is C9H10N4O3. The van der Waals surface area contributed by atoms with Gasteiger partial charge in [0.1, 0.15) is 12.7 Å². The molecule has 84 valence electrons. The van der Waals surface area contributed by atoms with Crippen molar-refractivity contribution < 1.29 is 14.3 Å². The lowest BCUT2D eigenvalue weighted by atomic mass is 10.1. The summed E-state index contributed by atoms with van der Waals surface area (Å²) in [6, 6.07) is 0. The minimum atomic E-state index is -0.436. The monoisotopic (exact) mass is 222 g/mol. The number of methoxy groups -OCH3 is 1. The Morgan fingerprint density at radius 2 is 2.19 bits per heavy atom. The van der Waals surface area contributed by atoms with E-state index >= 15 is 0 Å². The first-order valence-electron chi connectivity index (χ1n) is 4.72. The summed E-state index contributed by atoms with van der Waals surface area (Å²) in [5, 5.41) is 0. The van der Waals surface area contributed by atoms with Crippen molar-refractivity contribution in [2.75, 3.05) is 18.6 Å². The number of carbonyl (C=O) groups excluding carboxylic acids is 2. The van der Waals surface area contributed by atoms with Crippen LogP contribution < -0.4 is 4.90 Å². The van der Waals surface area contributed by atoms with Gasteiger partial charge in [-0.05, 0) is 0 Å². The van der Waals surface area contributed by atoms with Gasteiger partial charge < -0.3 is 4.74 Å². The predicted octanol–water partition coefficient (Wildman–Crippen LogP) is -0.603. The molecule has 1 aromatic rings. The quantitative estimate of drug-likeness (QED) is 0.621. The summed E-state index contributed by atoms with van der Waals surface area (Å²) in [5.74, 6) is -0.729. The molecule has 7 heteroatoms. The third kappa shape index (κ3) is 1.83. The van der Waals surface area contributed by atoms with Crippen molar-refractivity contribution in [1.82, 2.24) is 15.0 Å². The first-order valence-corrected chi connectivity index (χ1v) is 4.72. The van der Waals surface area contributed by atoms with Gasteiger partial charge in [0, 0.05) is 13.0 Å². The van der Waals surface area contributed by atoms with Crippen molar-refractivity contribution in [3.05, 3.63) is 12.7 Å². The highest BCUT2D eigenvalue weighted by molar-refractivity contribution is 5.98. The van der Waals surface area contributed by atoms with E-state index in [1.54, 1.807) is 0 Å². The van der Waals surface area contributed by atoms with Crippen molar-refractivity contribution in [2.24, 2.45) is 5.92 Å². The number of hydrogen-bond donors (Lipinski definition) is 0. The maximum Gasteiger partial charge on any atom is 0.311 e. The number of rotatable bonds is 2. The zero-order valence-corrected chi connectivity index (χ0v) is 8.66. The highest BCUT2D eigenvalue weighted by Crippen LogP contribution is 2.22. The number of carbonyl (C=O) groups is 2. The summed E-state index contributed by atoms with van der Waals surface area (Å²) in [4.78, 5) is 35.7. The Morgan fingerprint density at radius 1 is 1.50 bits per heavy atom. The van der Waals surface area contributed by atoms with E-state index in [-0.39, 0.29) is 30.8 Å². The Balaban J connectivity index is 2.14. The standard InChI is InChI=1S/C9H10N4O3/c1-16-8(15)6-2-7(14)13(3-6)9-11-4-10-5-12-9/h4-6H,2-3H2,1H3. The molecule has 1 aliphatic rings. The highest BCUT2D eigenvalue weighted by Gasteiger charge is 2.36. The van der Waals surface area contributed by atoms with Crippen LogP contribution in [0, 0.1) is 5.92 Å². The van der Waals surface area contributed by atoms with E-state index < -0.39 is 5.92 Å². The van der Waals surface area contributed by atoms with E-state index in [0.717, 1.165) is 0 Å². The number of amides is 1. The smallest absolute Gasteiger partial charge is 0.311 e. The molecule has 1 saturated heterocycles. The number of anilines is 1. The molecule has 2 rings (SSSR count). The molecule has 1 unspecified atom stereocenters. The molecule has 1 aromatic heterocycles. The molecule has 1 atom stereocenters. The van der Waals surface area contributed by atoms with E-state index in [2.05, 4.69) is 19.7 Å². The zero-order valence-electron chi connectivity index (χ0n) is 8.66. The molecule has 0 saturated carbocycles. The molecule has 0 aliphatic carbocycles. The summed E-state index contributed by atoms with van der Waals surface area (Å²) in [6.07, 6.45) is 2.75. The van der Waals surface area contributed by atoms with Crippen molar-refractivity contribution in [3.8, 4) is 0 Å². The van der Waals surface area contributed by atoms with Gasteiger partial charge in [0.05, 0.1) is 13.0 Å². The average Bonchev–Trinajstić information content (AvgIpc) is 2.71. The van der Waals surface area contributed by atoms with E-state index in [9.17, 15) is 9.59 Å². The summed E-state index contributed by atoms with van der Waals surface area (Å²) in [5.41, 5.74) is 0. The van der Waals surface area contributed by atoms with Crippen LogP contribution in [0.5, 0.6) is 0 Å². The Bertz CT molecular complexity index is 408. The lowest BCUT2D eigenvalue weighted by Gasteiger charge is -2.12. The van der Waals surface area contributed by atoms with Gasteiger partial charge in [0.2, 0.25) is 11.9 Å². The van der Waals surface area contributed by atoms with Crippen LogP contribution in [0.3, 0.4) is 0 Å². The number of aromatic nitrogens is 3. The Kier molecular flexibility index (Phi) is 2.76. The van der Waals surface area contributed by atoms with Gasteiger partial charge >= 0.3 is 5.97 Å². The summed E-state index contributed by atoms with van der Waals surface area (Å²) >= 11 is 0. The molecule has 1 amide bonds. The fourth-order valence-corrected chi connectivity index (χ4v) is 1.60. The molecule has 0 aromatic carbocycles. The second-order valence-electron chi connectivity index (χ2n) is 3.37. The molecule has 16 heavy (non-hydrogen) atoms. The Hall–Kier alpha value is -2.05. The van der Waals surface area contributed by atoms with Crippen LogP contribution in [0.2, 0.25) is 0 Å². The minimum Gasteiger partial charge on any atom is -0.469 e. The number of ether oxygens (including phenoxy) is 1. The van der Waals surface area contributed by atoms with Crippen molar-refractivity contribution >= 4 is 17.8 Å². The first kappa shape index (κ1) is 10.5. The topological polar surface area (TPSA) is 85.3 Å². The predicted molar refractivity (Wildman–Crippen MR) is 52.3 cm³/mol. The van der Waals surface area contributed by atoms with Gasteiger partial charge in [-0.3, -0.25) is 14.5 Å². The fraction of sp³-hybridized carbons (Fsp3) is 0.444. The van der Waals surface area contributed by atoms with Crippen LogP contribution in [0.25, 0.3) is 0 Å². The van der Waals surface area contributed by atoms with Gasteiger partial charge in [0.15, 0.2) is 0 Å². The number of nitrogens with zero attached hydrogens (tertiary/aromatic N) is 4. The molecule has 0 bridgehead atoms. The molecule has 0 radical (unpaired) electrons. The molecule has 0 spiro atoms. The third-order valence-electron chi connectivity index (χ3n) is 2.38. The van der Waals surface area contributed by atoms with Gasteiger partial charge in [-0.2, -0.15) is 0 Å². The highest BCUT2D eigenvalue weighted by atomic mass is 16.5. The second-order valence-corrected chi connectivity index (χ2v) is 3.37. The molecule has 0 N–H and O–H groups in total. The van der Waals surface area contributed by atoms with E-state index in [1.165, 1.54) is 24.7 Å².